The number of hydrogen-bond acceptors (Lipinski definition) is 4. The minimum atomic E-state index is 0.136. The van der Waals surface area contributed by atoms with Gasteiger partial charge in [-0.2, -0.15) is 11.8 Å². The molecule has 2 rings (SSSR count). The number of aromatic nitrogens is 1. The van der Waals surface area contributed by atoms with Crippen LogP contribution in [0.25, 0.3) is 0 Å². The Morgan fingerprint density at radius 2 is 2.21 bits per heavy atom. The Balaban J connectivity index is 2.15. The predicted octanol–water partition coefficient (Wildman–Crippen LogP) is 1.59. The summed E-state index contributed by atoms with van der Waals surface area (Å²) in [6.07, 6.45) is 4.44. The van der Waals surface area contributed by atoms with E-state index in [4.69, 9.17) is 0 Å². The van der Waals surface area contributed by atoms with Crippen molar-refractivity contribution in [3.8, 4) is 0 Å². The van der Waals surface area contributed by atoms with E-state index in [2.05, 4.69) is 24.0 Å². The van der Waals surface area contributed by atoms with Crippen molar-refractivity contribution >= 4 is 17.7 Å². The molecule has 0 N–H and O–H groups in total. The quantitative estimate of drug-likeness (QED) is 0.842. The van der Waals surface area contributed by atoms with Gasteiger partial charge in [0.05, 0.1) is 6.04 Å². The fourth-order valence-corrected chi connectivity index (χ4v) is 3.39. The molecule has 4 nitrogen and oxygen atoms in total. The van der Waals surface area contributed by atoms with E-state index >= 15 is 0 Å². The summed E-state index contributed by atoms with van der Waals surface area (Å²) in [6, 6.07) is 3.89. The van der Waals surface area contributed by atoms with Crippen LogP contribution in [0.15, 0.2) is 24.5 Å². The maximum absolute atomic E-state index is 12.6. The Hall–Kier alpha value is -1.07. The number of likely N-dealkylation sites (N-methyl/N-ethyl adjacent to an activating group) is 1. The molecule has 0 aliphatic carbocycles. The van der Waals surface area contributed by atoms with Crippen LogP contribution in [0.4, 0.5) is 0 Å². The van der Waals surface area contributed by atoms with Crippen molar-refractivity contribution in [2.24, 2.45) is 0 Å². The summed E-state index contributed by atoms with van der Waals surface area (Å²) >= 11 is 1.95. The second kappa shape index (κ2) is 6.91. The summed E-state index contributed by atoms with van der Waals surface area (Å²) in [5.74, 6) is 2.30. The Kier molecular flexibility index (Phi) is 5.22. The number of thioether (sulfide) groups is 1. The SMILES string of the molecule is CN(C)CC1CSCCCN1C(=O)c1ccncc1. The number of pyridine rings is 1. The standard InChI is InChI=1S/C14H21N3OS/c1-16(2)10-13-11-19-9-3-8-17(13)14(18)12-4-6-15-7-5-12/h4-7,13H,3,8-11H2,1-2H3. The third-order valence-electron chi connectivity index (χ3n) is 3.20. The van der Waals surface area contributed by atoms with Gasteiger partial charge in [0.1, 0.15) is 0 Å². The molecule has 0 aromatic carbocycles. The second-order valence-electron chi connectivity index (χ2n) is 5.08. The summed E-state index contributed by atoms with van der Waals surface area (Å²) in [5, 5.41) is 0. The molecule has 1 aromatic rings. The topological polar surface area (TPSA) is 36.4 Å². The fourth-order valence-electron chi connectivity index (χ4n) is 2.33. The molecule has 1 aromatic heterocycles. The Labute approximate surface area is 119 Å². The molecule has 1 amide bonds. The van der Waals surface area contributed by atoms with Gasteiger partial charge < -0.3 is 9.80 Å². The van der Waals surface area contributed by atoms with E-state index < -0.39 is 0 Å². The van der Waals surface area contributed by atoms with E-state index in [1.54, 1.807) is 24.5 Å². The van der Waals surface area contributed by atoms with Gasteiger partial charge in [0.15, 0.2) is 0 Å². The fraction of sp³-hybridized carbons (Fsp3) is 0.571. The minimum Gasteiger partial charge on any atom is -0.334 e. The van der Waals surface area contributed by atoms with Gasteiger partial charge in [-0.05, 0) is 38.4 Å². The highest BCUT2D eigenvalue weighted by molar-refractivity contribution is 7.99. The number of hydrogen-bond donors (Lipinski definition) is 0. The van der Waals surface area contributed by atoms with Crippen LogP contribution in [0.3, 0.4) is 0 Å². The molecular weight excluding hydrogens is 258 g/mol. The van der Waals surface area contributed by atoms with Crippen LogP contribution in [-0.4, -0.2) is 65.4 Å². The van der Waals surface area contributed by atoms with E-state index in [1.165, 1.54) is 0 Å². The largest absolute Gasteiger partial charge is 0.334 e. The van der Waals surface area contributed by atoms with Gasteiger partial charge in [-0.3, -0.25) is 9.78 Å². The average molecular weight is 279 g/mol. The van der Waals surface area contributed by atoms with Gasteiger partial charge in [-0.1, -0.05) is 0 Å². The van der Waals surface area contributed by atoms with Gasteiger partial charge in [-0.15, -0.1) is 0 Å². The van der Waals surface area contributed by atoms with Crippen LogP contribution in [0, 0.1) is 0 Å². The van der Waals surface area contributed by atoms with Gasteiger partial charge in [0.25, 0.3) is 5.91 Å². The molecule has 19 heavy (non-hydrogen) atoms. The third-order valence-corrected chi connectivity index (χ3v) is 4.40. The molecule has 2 heterocycles. The molecule has 5 heteroatoms. The molecule has 1 unspecified atom stereocenters. The van der Waals surface area contributed by atoms with E-state index in [1.807, 2.05) is 16.7 Å². The lowest BCUT2D eigenvalue weighted by atomic mass is 10.1. The van der Waals surface area contributed by atoms with Crippen molar-refractivity contribution in [3.05, 3.63) is 30.1 Å². The molecule has 0 bridgehead atoms. The zero-order valence-corrected chi connectivity index (χ0v) is 12.4. The highest BCUT2D eigenvalue weighted by Crippen LogP contribution is 2.19. The molecule has 1 aliphatic rings. The zero-order valence-electron chi connectivity index (χ0n) is 11.6. The molecule has 1 fully saturated rings. The second-order valence-corrected chi connectivity index (χ2v) is 6.23. The summed E-state index contributed by atoms with van der Waals surface area (Å²) in [4.78, 5) is 20.8. The molecule has 104 valence electrons. The zero-order chi connectivity index (χ0) is 13.7. The first kappa shape index (κ1) is 14.3. The van der Waals surface area contributed by atoms with E-state index in [0.29, 0.717) is 6.04 Å². The van der Waals surface area contributed by atoms with E-state index in [0.717, 1.165) is 36.6 Å². The predicted molar refractivity (Wildman–Crippen MR) is 79.6 cm³/mol. The van der Waals surface area contributed by atoms with Crippen LogP contribution in [-0.2, 0) is 0 Å². The normalized spacial score (nSPS) is 20.4. The van der Waals surface area contributed by atoms with Crippen molar-refractivity contribution in [1.29, 1.82) is 0 Å². The van der Waals surface area contributed by atoms with E-state index in [9.17, 15) is 4.79 Å². The van der Waals surface area contributed by atoms with Gasteiger partial charge >= 0.3 is 0 Å². The molecule has 0 saturated carbocycles. The molecular formula is C14H21N3OS. The summed E-state index contributed by atoms with van der Waals surface area (Å²) < 4.78 is 0. The van der Waals surface area contributed by atoms with Crippen molar-refractivity contribution in [3.63, 3.8) is 0 Å². The first-order chi connectivity index (χ1) is 9.18. The molecule has 0 radical (unpaired) electrons. The Morgan fingerprint density at radius 3 is 2.89 bits per heavy atom. The van der Waals surface area contributed by atoms with Crippen molar-refractivity contribution < 1.29 is 4.79 Å². The number of rotatable bonds is 3. The van der Waals surface area contributed by atoms with Crippen LogP contribution < -0.4 is 0 Å². The highest BCUT2D eigenvalue weighted by Gasteiger charge is 2.26. The van der Waals surface area contributed by atoms with Gasteiger partial charge in [0, 0.05) is 36.8 Å². The Bertz CT molecular complexity index is 410. The average Bonchev–Trinajstić information content (AvgIpc) is 2.64. The van der Waals surface area contributed by atoms with Crippen LogP contribution >= 0.6 is 11.8 Å². The number of carbonyl (C=O) groups is 1. The number of carbonyl (C=O) groups excluding carboxylic acids is 1. The van der Waals surface area contributed by atoms with Crippen LogP contribution in [0.2, 0.25) is 0 Å². The first-order valence-corrected chi connectivity index (χ1v) is 7.77. The highest BCUT2D eigenvalue weighted by atomic mass is 32.2. The summed E-state index contributed by atoms with van der Waals surface area (Å²) in [7, 11) is 4.12. The maximum atomic E-state index is 12.6. The molecule has 1 saturated heterocycles. The van der Waals surface area contributed by atoms with Crippen LogP contribution in [0.1, 0.15) is 16.8 Å². The minimum absolute atomic E-state index is 0.136. The lowest BCUT2D eigenvalue weighted by Gasteiger charge is -2.31. The monoisotopic (exact) mass is 279 g/mol. The van der Waals surface area contributed by atoms with Gasteiger partial charge in [-0.25, -0.2) is 0 Å². The van der Waals surface area contributed by atoms with Crippen molar-refractivity contribution in [2.75, 3.05) is 38.7 Å². The van der Waals surface area contributed by atoms with Crippen molar-refractivity contribution in [1.82, 2.24) is 14.8 Å². The Morgan fingerprint density at radius 1 is 1.47 bits per heavy atom. The maximum Gasteiger partial charge on any atom is 0.254 e. The third kappa shape index (κ3) is 3.94. The molecule has 1 aliphatic heterocycles. The van der Waals surface area contributed by atoms with Gasteiger partial charge in [0.2, 0.25) is 0 Å². The van der Waals surface area contributed by atoms with Crippen LogP contribution in [0.5, 0.6) is 0 Å². The lowest BCUT2D eigenvalue weighted by Crippen LogP contribution is -2.46. The first-order valence-electron chi connectivity index (χ1n) is 6.62. The van der Waals surface area contributed by atoms with E-state index in [-0.39, 0.29) is 5.91 Å². The smallest absolute Gasteiger partial charge is 0.254 e. The summed E-state index contributed by atoms with van der Waals surface area (Å²) in [6.45, 7) is 1.77. The lowest BCUT2D eigenvalue weighted by molar-refractivity contribution is 0.0675. The number of amides is 1. The molecule has 0 spiro atoms. The summed E-state index contributed by atoms with van der Waals surface area (Å²) in [5.41, 5.74) is 0.741. The van der Waals surface area contributed by atoms with Crippen molar-refractivity contribution in [2.45, 2.75) is 12.5 Å². The number of nitrogens with zero attached hydrogens (tertiary/aromatic N) is 3. The molecule has 1 atom stereocenters.